The molecule has 2 heterocycles. The number of nitrogen functional groups attached to an aromatic ring is 1. The number of nitrogens with zero attached hydrogens (tertiary/aromatic N) is 4. The zero-order chi connectivity index (χ0) is 10.7. The summed E-state index contributed by atoms with van der Waals surface area (Å²) >= 11 is 0. The Labute approximate surface area is 86.8 Å². The van der Waals surface area contributed by atoms with E-state index in [1.54, 1.807) is 0 Å². The Bertz CT molecular complexity index is 345. The number of anilines is 1. The van der Waals surface area contributed by atoms with Crippen LogP contribution >= 0.6 is 0 Å². The zero-order valence-corrected chi connectivity index (χ0v) is 8.30. The molecule has 15 heavy (non-hydrogen) atoms. The average molecular weight is 211 g/mol. The van der Waals surface area contributed by atoms with Crippen molar-refractivity contribution in [3.05, 3.63) is 6.33 Å². The number of hydrogen-bond donors (Lipinski definition) is 1. The van der Waals surface area contributed by atoms with E-state index in [-0.39, 0.29) is 18.4 Å². The SMILES string of the molecule is Nc1ncn(CC(=O)N2CCCCO2)n1. The Morgan fingerprint density at radius 1 is 1.60 bits per heavy atom. The lowest BCUT2D eigenvalue weighted by molar-refractivity contribution is -0.197. The second-order valence-electron chi connectivity index (χ2n) is 3.34. The van der Waals surface area contributed by atoms with Gasteiger partial charge in [0.25, 0.3) is 5.91 Å². The molecule has 1 aromatic rings. The monoisotopic (exact) mass is 211 g/mol. The molecule has 1 aromatic heterocycles. The molecule has 0 unspecified atom stereocenters. The highest BCUT2D eigenvalue weighted by Gasteiger charge is 2.18. The van der Waals surface area contributed by atoms with Gasteiger partial charge in [0.1, 0.15) is 12.9 Å². The van der Waals surface area contributed by atoms with E-state index in [0.29, 0.717) is 13.2 Å². The minimum atomic E-state index is -0.125. The van der Waals surface area contributed by atoms with Gasteiger partial charge in [0.05, 0.1) is 6.61 Å². The highest BCUT2D eigenvalue weighted by molar-refractivity contribution is 5.74. The first-order valence-corrected chi connectivity index (χ1v) is 4.84. The maximum absolute atomic E-state index is 11.6. The third-order valence-corrected chi connectivity index (χ3v) is 2.13. The van der Waals surface area contributed by atoms with E-state index in [1.165, 1.54) is 16.1 Å². The molecule has 0 saturated carbocycles. The quantitative estimate of drug-likeness (QED) is 0.706. The summed E-state index contributed by atoms with van der Waals surface area (Å²) in [5, 5.41) is 5.20. The maximum atomic E-state index is 11.6. The lowest BCUT2D eigenvalue weighted by Gasteiger charge is -2.25. The maximum Gasteiger partial charge on any atom is 0.267 e. The summed E-state index contributed by atoms with van der Waals surface area (Å²) in [6.07, 6.45) is 3.41. The lowest BCUT2D eigenvalue weighted by Crippen LogP contribution is -2.37. The summed E-state index contributed by atoms with van der Waals surface area (Å²) in [6.45, 7) is 1.36. The topological polar surface area (TPSA) is 86.3 Å². The van der Waals surface area contributed by atoms with Gasteiger partial charge in [0.2, 0.25) is 5.95 Å². The fourth-order valence-corrected chi connectivity index (χ4v) is 1.40. The summed E-state index contributed by atoms with van der Waals surface area (Å²) in [4.78, 5) is 20.6. The second kappa shape index (κ2) is 4.26. The summed E-state index contributed by atoms with van der Waals surface area (Å²) in [5.74, 6) is 0.0435. The van der Waals surface area contributed by atoms with Crippen LogP contribution in [0.3, 0.4) is 0 Å². The molecule has 0 aliphatic carbocycles. The van der Waals surface area contributed by atoms with Gasteiger partial charge in [-0.1, -0.05) is 0 Å². The predicted molar refractivity (Wildman–Crippen MR) is 51.3 cm³/mol. The molecule has 1 fully saturated rings. The van der Waals surface area contributed by atoms with Gasteiger partial charge in [-0.05, 0) is 12.8 Å². The number of nitrogens with two attached hydrogens (primary N) is 1. The molecule has 0 bridgehead atoms. The minimum Gasteiger partial charge on any atom is -0.367 e. The van der Waals surface area contributed by atoms with Gasteiger partial charge in [-0.15, -0.1) is 5.10 Å². The zero-order valence-electron chi connectivity index (χ0n) is 8.30. The van der Waals surface area contributed by atoms with Gasteiger partial charge in [-0.3, -0.25) is 9.63 Å². The molecule has 7 heteroatoms. The number of amides is 1. The molecule has 0 aromatic carbocycles. The van der Waals surface area contributed by atoms with Crippen LogP contribution in [-0.4, -0.2) is 38.9 Å². The fraction of sp³-hybridized carbons (Fsp3) is 0.625. The van der Waals surface area contributed by atoms with Crippen molar-refractivity contribution in [3.63, 3.8) is 0 Å². The molecular weight excluding hydrogens is 198 g/mol. The smallest absolute Gasteiger partial charge is 0.267 e. The van der Waals surface area contributed by atoms with Crippen LogP contribution < -0.4 is 5.73 Å². The molecule has 0 spiro atoms. The predicted octanol–water partition coefficient (Wildman–Crippen LogP) is -0.586. The van der Waals surface area contributed by atoms with Crippen molar-refractivity contribution in [1.82, 2.24) is 19.8 Å². The van der Waals surface area contributed by atoms with Crippen LogP contribution in [0.2, 0.25) is 0 Å². The molecule has 1 saturated heterocycles. The van der Waals surface area contributed by atoms with Gasteiger partial charge in [-0.25, -0.2) is 14.7 Å². The van der Waals surface area contributed by atoms with Crippen LogP contribution in [0.15, 0.2) is 6.33 Å². The van der Waals surface area contributed by atoms with Crippen LogP contribution in [0, 0.1) is 0 Å². The third-order valence-electron chi connectivity index (χ3n) is 2.13. The molecule has 0 atom stereocenters. The van der Waals surface area contributed by atoms with Crippen molar-refractivity contribution in [2.45, 2.75) is 19.4 Å². The van der Waals surface area contributed by atoms with E-state index >= 15 is 0 Å². The van der Waals surface area contributed by atoms with E-state index in [9.17, 15) is 4.79 Å². The largest absolute Gasteiger partial charge is 0.367 e. The van der Waals surface area contributed by atoms with Crippen LogP contribution in [0.1, 0.15) is 12.8 Å². The van der Waals surface area contributed by atoms with Crippen molar-refractivity contribution in [2.24, 2.45) is 0 Å². The van der Waals surface area contributed by atoms with Crippen molar-refractivity contribution in [2.75, 3.05) is 18.9 Å². The molecule has 0 radical (unpaired) electrons. The number of rotatable bonds is 2. The number of hydrogen-bond acceptors (Lipinski definition) is 5. The Morgan fingerprint density at radius 3 is 3.07 bits per heavy atom. The number of carbonyl (C=O) groups excluding carboxylic acids is 1. The highest BCUT2D eigenvalue weighted by atomic mass is 16.7. The average Bonchev–Trinajstić information content (AvgIpc) is 2.65. The number of hydroxylamine groups is 2. The van der Waals surface area contributed by atoms with Crippen LogP contribution in [-0.2, 0) is 16.2 Å². The van der Waals surface area contributed by atoms with Crippen molar-refractivity contribution in [3.8, 4) is 0 Å². The first-order valence-electron chi connectivity index (χ1n) is 4.84. The molecule has 82 valence electrons. The first kappa shape index (κ1) is 9.91. The van der Waals surface area contributed by atoms with E-state index in [0.717, 1.165) is 12.8 Å². The van der Waals surface area contributed by atoms with E-state index < -0.39 is 0 Å². The summed E-state index contributed by atoms with van der Waals surface area (Å²) in [5.41, 5.74) is 5.33. The molecule has 7 nitrogen and oxygen atoms in total. The van der Waals surface area contributed by atoms with Crippen LogP contribution in [0.5, 0.6) is 0 Å². The second-order valence-corrected chi connectivity index (χ2v) is 3.34. The molecule has 2 N–H and O–H groups in total. The Hall–Kier alpha value is -1.63. The number of carbonyl (C=O) groups is 1. The molecule has 1 aliphatic heterocycles. The van der Waals surface area contributed by atoms with Gasteiger partial charge >= 0.3 is 0 Å². The van der Waals surface area contributed by atoms with Crippen molar-refractivity contribution < 1.29 is 9.63 Å². The van der Waals surface area contributed by atoms with Gasteiger partial charge < -0.3 is 5.73 Å². The Morgan fingerprint density at radius 2 is 2.47 bits per heavy atom. The van der Waals surface area contributed by atoms with Crippen LogP contribution in [0.25, 0.3) is 0 Å². The Balaban J connectivity index is 1.91. The summed E-state index contributed by atoms with van der Waals surface area (Å²) in [6, 6.07) is 0. The van der Waals surface area contributed by atoms with E-state index in [1.807, 2.05) is 0 Å². The van der Waals surface area contributed by atoms with Crippen molar-refractivity contribution >= 4 is 11.9 Å². The lowest BCUT2D eigenvalue weighted by atomic mass is 10.3. The Kier molecular flexibility index (Phi) is 2.82. The van der Waals surface area contributed by atoms with E-state index in [2.05, 4.69) is 10.1 Å². The standard InChI is InChI=1S/C8H13N5O2/c9-8-10-6-12(11-8)5-7(14)13-3-1-2-4-15-13/h6H,1-5H2,(H2,9,11). The van der Waals surface area contributed by atoms with Gasteiger partial charge in [0.15, 0.2) is 0 Å². The third kappa shape index (κ3) is 2.44. The highest BCUT2D eigenvalue weighted by Crippen LogP contribution is 2.06. The fourth-order valence-electron chi connectivity index (χ4n) is 1.40. The molecule has 2 rings (SSSR count). The summed E-state index contributed by atoms with van der Waals surface area (Å²) in [7, 11) is 0. The van der Waals surface area contributed by atoms with E-state index in [4.69, 9.17) is 10.6 Å². The normalized spacial score (nSPS) is 16.7. The molecular formula is C8H13N5O2. The minimum absolute atomic E-state index is 0.115. The van der Waals surface area contributed by atoms with Gasteiger partial charge in [0, 0.05) is 6.54 Å². The van der Waals surface area contributed by atoms with Crippen molar-refractivity contribution in [1.29, 1.82) is 0 Å². The summed E-state index contributed by atoms with van der Waals surface area (Å²) < 4.78 is 1.40. The number of aromatic nitrogens is 3. The van der Waals surface area contributed by atoms with Gasteiger partial charge in [-0.2, -0.15) is 0 Å². The van der Waals surface area contributed by atoms with Crippen LogP contribution in [0.4, 0.5) is 5.95 Å². The molecule has 1 aliphatic rings. The first-order chi connectivity index (χ1) is 7.25. The molecule has 1 amide bonds.